The Balaban J connectivity index is 2.11. The van der Waals surface area contributed by atoms with Gasteiger partial charge in [0, 0.05) is 6.42 Å². The molecule has 36 valence electrons. The molecule has 1 fully saturated rings. The van der Waals surface area contributed by atoms with E-state index in [-0.39, 0.29) is 0 Å². The Kier molecular flexibility index (Phi) is 0.821. The zero-order valence-corrected chi connectivity index (χ0v) is 3.72. The van der Waals surface area contributed by atoms with Crippen molar-refractivity contribution >= 4 is 0 Å². The number of hydrogen-bond donors (Lipinski definition) is 1. The monoisotopic (exact) mass is 88.1 g/mol. The van der Waals surface area contributed by atoms with E-state index in [9.17, 15) is 0 Å². The highest BCUT2D eigenvalue weighted by molar-refractivity contribution is 4.62. The van der Waals surface area contributed by atoms with Crippen LogP contribution in [0.2, 0.25) is 0 Å². The molecule has 1 saturated heterocycles. The first-order valence-corrected chi connectivity index (χ1v) is 2.12. The summed E-state index contributed by atoms with van der Waals surface area (Å²) in [6.07, 6.45) is 0.639. The molecule has 1 rings (SSSR count). The van der Waals surface area contributed by atoms with Gasteiger partial charge < -0.3 is 9.84 Å². The van der Waals surface area contributed by atoms with Gasteiger partial charge in [-0.15, -0.1) is 0 Å². The molecule has 0 saturated carbocycles. The maximum absolute atomic E-state index is 8.40. The van der Waals surface area contributed by atoms with Gasteiger partial charge in [0.25, 0.3) is 0 Å². The Morgan fingerprint density at radius 1 is 1.83 bits per heavy atom. The summed E-state index contributed by atoms with van der Waals surface area (Å²) in [5.41, 5.74) is 0. The van der Waals surface area contributed by atoms with Crippen LogP contribution in [0.5, 0.6) is 0 Å². The molecule has 0 bridgehead atoms. The highest BCUT2D eigenvalue weighted by Gasteiger charge is 2.22. The van der Waals surface area contributed by atoms with Crippen molar-refractivity contribution in [1.29, 1.82) is 0 Å². The first-order valence-electron chi connectivity index (χ1n) is 2.12. The van der Waals surface area contributed by atoms with Gasteiger partial charge in [-0.05, 0) is 6.92 Å². The number of rotatable bonds is 0. The van der Waals surface area contributed by atoms with Crippen molar-refractivity contribution < 1.29 is 9.84 Å². The van der Waals surface area contributed by atoms with Crippen molar-refractivity contribution in [3.8, 4) is 0 Å². The van der Waals surface area contributed by atoms with E-state index in [1.165, 1.54) is 0 Å². The van der Waals surface area contributed by atoms with Crippen LogP contribution >= 0.6 is 0 Å². The van der Waals surface area contributed by atoms with E-state index in [1.54, 1.807) is 0 Å². The third-order valence-electron chi connectivity index (χ3n) is 0.923. The summed E-state index contributed by atoms with van der Waals surface area (Å²) in [4.78, 5) is 0. The molecule has 2 nitrogen and oxygen atoms in total. The van der Waals surface area contributed by atoms with Crippen LogP contribution in [0.25, 0.3) is 0 Å². The lowest BCUT2D eigenvalue weighted by Gasteiger charge is -2.28. The molecule has 0 aromatic rings. The Bertz CT molecular complexity index is 41.5. The van der Waals surface area contributed by atoms with Crippen LogP contribution in [-0.4, -0.2) is 17.5 Å². The Labute approximate surface area is 36.7 Å². The van der Waals surface area contributed by atoms with Gasteiger partial charge in [0.2, 0.25) is 0 Å². The van der Waals surface area contributed by atoms with Crippen LogP contribution < -0.4 is 0 Å². The number of aliphatic hydroxyl groups is 1. The van der Waals surface area contributed by atoms with E-state index in [1.807, 2.05) is 6.92 Å². The maximum Gasteiger partial charge on any atom is 0.157 e. The molecule has 1 aliphatic rings. The summed E-state index contributed by atoms with van der Waals surface area (Å²) in [7, 11) is 0. The summed E-state index contributed by atoms with van der Waals surface area (Å²) < 4.78 is 4.69. The molecular formula is C4H8O2. The van der Waals surface area contributed by atoms with Crippen LogP contribution in [0.15, 0.2) is 0 Å². The van der Waals surface area contributed by atoms with Gasteiger partial charge in [-0.25, -0.2) is 0 Å². The fourth-order valence-corrected chi connectivity index (χ4v) is 0.541. The third kappa shape index (κ3) is 0.533. The van der Waals surface area contributed by atoms with Crippen molar-refractivity contribution in [2.45, 2.75) is 25.7 Å². The highest BCUT2D eigenvalue weighted by atomic mass is 16.6. The fourth-order valence-electron chi connectivity index (χ4n) is 0.541. The molecule has 2 atom stereocenters. The summed E-state index contributed by atoms with van der Waals surface area (Å²) in [6, 6.07) is 0. The van der Waals surface area contributed by atoms with Crippen molar-refractivity contribution in [3.05, 3.63) is 0 Å². The van der Waals surface area contributed by atoms with Crippen molar-refractivity contribution in [2.75, 3.05) is 0 Å². The molecule has 0 spiro atoms. The summed E-state index contributed by atoms with van der Waals surface area (Å²) in [5.74, 6) is 0. The van der Waals surface area contributed by atoms with E-state index in [2.05, 4.69) is 0 Å². The van der Waals surface area contributed by atoms with Gasteiger partial charge >= 0.3 is 0 Å². The minimum Gasteiger partial charge on any atom is -0.368 e. The Hall–Kier alpha value is -0.0800. The van der Waals surface area contributed by atoms with Crippen molar-refractivity contribution in [2.24, 2.45) is 0 Å². The number of ether oxygens (including phenoxy) is 1. The second kappa shape index (κ2) is 1.21. The quantitative estimate of drug-likeness (QED) is 0.455. The predicted molar refractivity (Wildman–Crippen MR) is 21.2 cm³/mol. The van der Waals surface area contributed by atoms with E-state index in [0.29, 0.717) is 6.10 Å². The van der Waals surface area contributed by atoms with E-state index < -0.39 is 6.29 Å². The molecule has 0 aromatic heterocycles. The molecule has 0 aliphatic carbocycles. The first-order chi connectivity index (χ1) is 2.79. The lowest BCUT2D eigenvalue weighted by atomic mass is 10.2. The molecule has 1 N–H and O–H groups in total. The van der Waals surface area contributed by atoms with Crippen molar-refractivity contribution in [3.63, 3.8) is 0 Å². The predicted octanol–water partition coefficient (Wildman–Crippen LogP) is 0.114. The Morgan fingerprint density at radius 3 is 2.33 bits per heavy atom. The van der Waals surface area contributed by atoms with Gasteiger partial charge in [-0.3, -0.25) is 0 Å². The molecule has 2 unspecified atom stereocenters. The van der Waals surface area contributed by atoms with Crippen LogP contribution in [0.4, 0.5) is 0 Å². The van der Waals surface area contributed by atoms with Crippen LogP contribution in [0, 0.1) is 0 Å². The fraction of sp³-hybridized carbons (Fsp3) is 1.00. The molecule has 0 radical (unpaired) electrons. The topological polar surface area (TPSA) is 29.5 Å². The molecule has 1 aliphatic heterocycles. The lowest BCUT2D eigenvalue weighted by molar-refractivity contribution is -0.224. The second-order valence-corrected chi connectivity index (χ2v) is 1.64. The minimum absolute atomic E-state index is 0.292. The zero-order chi connectivity index (χ0) is 4.57. The van der Waals surface area contributed by atoms with Gasteiger partial charge in [0.05, 0.1) is 6.10 Å². The molecule has 2 heteroatoms. The minimum atomic E-state index is -0.458. The smallest absolute Gasteiger partial charge is 0.157 e. The van der Waals surface area contributed by atoms with E-state index >= 15 is 0 Å². The van der Waals surface area contributed by atoms with Gasteiger partial charge in [-0.2, -0.15) is 0 Å². The van der Waals surface area contributed by atoms with Crippen LogP contribution in [-0.2, 0) is 4.74 Å². The molecular weight excluding hydrogens is 80.0 g/mol. The zero-order valence-electron chi connectivity index (χ0n) is 3.72. The highest BCUT2D eigenvalue weighted by Crippen LogP contribution is 2.15. The SMILES string of the molecule is CC1CC(O)O1. The molecule has 1 heterocycles. The molecule has 0 aromatic carbocycles. The average Bonchev–Trinajstić information content (AvgIpc) is 1.33. The number of hydrogen-bond acceptors (Lipinski definition) is 2. The summed E-state index contributed by atoms with van der Waals surface area (Å²) in [6.45, 7) is 1.94. The normalized spacial score (nSPS) is 45.0. The number of aliphatic hydroxyl groups excluding tert-OH is 1. The summed E-state index contributed by atoms with van der Waals surface area (Å²) in [5, 5.41) is 8.40. The van der Waals surface area contributed by atoms with Crippen molar-refractivity contribution in [1.82, 2.24) is 0 Å². The maximum atomic E-state index is 8.40. The van der Waals surface area contributed by atoms with Crippen LogP contribution in [0.1, 0.15) is 13.3 Å². The molecule has 6 heavy (non-hydrogen) atoms. The molecule has 0 amide bonds. The second-order valence-electron chi connectivity index (χ2n) is 1.64. The Morgan fingerprint density at radius 2 is 2.33 bits per heavy atom. The van der Waals surface area contributed by atoms with Crippen LogP contribution in [0.3, 0.4) is 0 Å². The average molecular weight is 88.1 g/mol. The standard InChI is InChI=1S/C4H8O2/c1-3-2-4(5)6-3/h3-5H,2H2,1H3. The van der Waals surface area contributed by atoms with E-state index in [4.69, 9.17) is 9.84 Å². The van der Waals surface area contributed by atoms with E-state index in [0.717, 1.165) is 6.42 Å². The third-order valence-corrected chi connectivity index (χ3v) is 0.923. The first kappa shape index (κ1) is 4.09. The lowest BCUT2D eigenvalue weighted by Crippen LogP contribution is -2.34. The van der Waals surface area contributed by atoms with Gasteiger partial charge in [0.1, 0.15) is 0 Å². The summed E-state index contributed by atoms with van der Waals surface area (Å²) >= 11 is 0. The van der Waals surface area contributed by atoms with Gasteiger partial charge in [0.15, 0.2) is 6.29 Å². The largest absolute Gasteiger partial charge is 0.368 e. The van der Waals surface area contributed by atoms with Gasteiger partial charge in [-0.1, -0.05) is 0 Å².